The van der Waals surface area contributed by atoms with Crippen molar-refractivity contribution in [1.29, 1.82) is 0 Å². The van der Waals surface area contributed by atoms with Crippen molar-refractivity contribution in [1.82, 2.24) is 4.90 Å². The van der Waals surface area contributed by atoms with Crippen LogP contribution in [0.15, 0.2) is 24.3 Å². The number of anilines is 1. The Hall–Kier alpha value is -1.88. The number of benzene rings is 1. The quantitative estimate of drug-likeness (QED) is 0.895. The molecule has 0 aromatic heterocycles. The number of amides is 1. The molecule has 1 saturated heterocycles. The van der Waals surface area contributed by atoms with Crippen LogP contribution in [0.5, 0.6) is 0 Å². The number of carboxylic acid groups (broad SMARTS) is 1. The van der Waals surface area contributed by atoms with E-state index in [-0.39, 0.29) is 17.9 Å². The number of hydrogen-bond acceptors (Lipinski definition) is 3. The molecule has 5 nitrogen and oxygen atoms in total. The number of aryl methyl sites for hydroxylation is 1. The highest BCUT2D eigenvalue weighted by Crippen LogP contribution is 2.49. The Kier molecular flexibility index (Phi) is 4.15. The number of aliphatic carboxylic acids is 1. The predicted molar refractivity (Wildman–Crippen MR) is 88.3 cm³/mol. The second kappa shape index (κ2) is 5.96. The number of carboxylic acids is 1. The van der Waals surface area contributed by atoms with Gasteiger partial charge in [0.05, 0.1) is 11.5 Å². The fourth-order valence-corrected chi connectivity index (χ4v) is 4.09. The zero-order valence-corrected chi connectivity index (χ0v) is 13.7. The molecule has 3 rings (SSSR count). The Morgan fingerprint density at radius 1 is 1.39 bits per heavy atom. The third kappa shape index (κ3) is 2.74. The van der Waals surface area contributed by atoms with Crippen molar-refractivity contribution < 1.29 is 14.7 Å². The highest BCUT2D eigenvalue weighted by atomic mass is 16.4. The Balaban J connectivity index is 1.69. The van der Waals surface area contributed by atoms with Crippen LogP contribution in [0, 0.1) is 18.3 Å². The van der Waals surface area contributed by atoms with Crippen LogP contribution >= 0.6 is 0 Å². The average Bonchev–Trinajstić information content (AvgIpc) is 3.06. The fraction of sp³-hybridized carbons (Fsp3) is 0.556. The number of para-hydroxylation sites is 1. The van der Waals surface area contributed by atoms with E-state index in [4.69, 9.17) is 0 Å². The number of nitrogens with zero attached hydrogens (tertiary/aromatic N) is 1. The SMILES string of the molecule is Cc1ccccc1NC(=O)C(C)N1C[C@@H]2CCC[C@@]2(C(=O)O)C1. The summed E-state index contributed by atoms with van der Waals surface area (Å²) in [6.07, 6.45) is 2.67. The maximum absolute atomic E-state index is 12.5. The van der Waals surface area contributed by atoms with Gasteiger partial charge >= 0.3 is 5.97 Å². The van der Waals surface area contributed by atoms with Gasteiger partial charge in [-0.2, -0.15) is 0 Å². The second-order valence-corrected chi connectivity index (χ2v) is 6.96. The molecule has 3 atom stereocenters. The van der Waals surface area contributed by atoms with Crippen LogP contribution in [0.1, 0.15) is 31.7 Å². The molecule has 0 radical (unpaired) electrons. The molecule has 23 heavy (non-hydrogen) atoms. The lowest BCUT2D eigenvalue weighted by atomic mass is 9.81. The smallest absolute Gasteiger partial charge is 0.311 e. The number of fused-ring (bicyclic) bond motifs is 1. The van der Waals surface area contributed by atoms with E-state index in [0.717, 1.165) is 30.5 Å². The first-order valence-electron chi connectivity index (χ1n) is 8.28. The van der Waals surface area contributed by atoms with E-state index in [1.807, 2.05) is 43.0 Å². The summed E-state index contributed by atoms with van der Waals surface area (Å²) in [6.45, 7) is 5.01. The molecule has 1 heterocycles. The van der Waals surface area contributed by atoms with Crippen LogP contribution in [0.25, 0.3) is 0 Å². The summed E-state index contributed by atoms with van der Waals surface area (Å²) >= 11 is 0. The molecule has 1 saturated carbocycles. The molecule has 1 aromatic rings. The molecular weight excluding hydrogens is 292 g/mol. The summed E-state index contributed by atoms with van der Waals surface area (Å²) in [7, 11) is 0. The van der Waals surface area contributed by atoms with Crippen molar-refractivity contribution >= 4 is 17.6 Å². The zero-order valence-electron chi connectivity index (χ0n) is 13.7. The minimum Gasteiger partial charge on any atom is -0.481 e. The van der Waals surface area contributed by atoms with Gasteiger partial charge < -0.3 is 10.4 Å². The van der Waals surface area contributed by atoms with Gasteiger partial charge in [-0.15, -0.1) is 0 Å². The zero-order chi connectivity index (χ0) is 16.6. The number of hydrogen-bond donors (Lipinski definition) is 2. The number of carbonyl (C=O) groups excluding carboxylic acids is 1. The standard InChI is InChI=1S/C18H24N2O3/c1-12-6-3-4-8-15(12)19-16(21)13(2)20-10-14-7-5-9-18(14,11-20)17(22)23/h3-4,6,8,13-14H,5,7,9-11H2,1-2H3,(H,19,21)(H,22,23)/t13?,14-,18+/m0/s1. The van der Waals surface area contributed by atoms with Gasteiger partial charge in [0.15, 0.2) is 0 Å². The third-order valence-corrected chi connectivity index (χ3v) is 5.65. The van der Waals surface area contributed by atoms with E-state index in [9.17, 15) is 14.7 Å². The largest absolute Gasteiger partial charge is 0.481 e. The first-order valence-corrected chi connectivity index (χ1v) is 8.28. The normalized spacial score (nSPS) is 28.3. The van der Waals surface area contributed by atoms with Gasteiger partial charge in [0.2, 0.25) is 5.91 Å². The molecule has 5 heteroatoms. The summed E-state index contributed by atoms with van der Waals surface area (Å²) in [6, 6.07) is 7.35. The molecule has 1 amide bonds. The molecule has 1 aromatic carbocycles. The van der Waals surface area contributed by atoms with Gasteiger partial charge in [0.1, 0.15) is 0 Å². The topological polar surface area (TPSA) is 69.6 Å². The maximum atomic E-state index is 12.5. The Labute approximate surface area is 136 Å². The average molecular weight is 316 g/mol. The van der Waals surface area contributed by atoms with Crippen LogP contribution < -0.4 is 5.32 Å². The minimum atomic E-state index is -0.700. The molecule has 0 bridgehead atoms. The van der Waals surface area contributed by atoms with Crippen LogP contribution in [-0.2, 0) is 9.59 Å². The molecule has 2 aliphatic rings. The third-order valence-electron chi connectivity index (χ3n) is 5.65. The predicted octanol–water partition coefficient (Wildman–Crippen LogP) is 2.51. The van der Waals surface area contributed by atoms with E-state index in [2.05, 4.69) is 5.32 Å². The fourth-order valence-electron chi connectivity index (χ4n) is 4.09. The number of likely N-dealkylation sites (tertiary alicyclic amines) is 1. The molecule has 1 unspecified atom stereocenters. The van der Waals surface area contributed by atoms with Gasteiger partial charge in [-0.05, 0) is 44.2 Å². The Morgan fingerprint density at radius 2 is 2.13 bits per heavy atom. The van der Waals surface area contributed by atoms with Crippen LogP contribution in [-0.4, -0.2) is 41.0 Å². The first-order chi connectivity index (χ1) is 10.9. The highest BCUT2D eigenvalue weighted by Gasteiger charge is 2.55. The van der Waals surface area contributed by atoms with Crippen molar-refractivity contribution in [3.63, 3.8) is 0 Å². The van der Waals surface area contributed by atoms with Gasteiger partial charge in [-0.1, -0.05) is 24.6 Å². The Morgan fingerprint density at radius 3 is 2.78 bits per heavy atom. The molecular formula is C18H24N2O3. The van der Waals surface area contributed by atoms with Gasteiger partial charge in [0.25, 0.3) is 0 Å². The lowest BCUT2D eigenvalue weighted by Gasteiger charge is -2.26. The first kappa shape index (κ1) is 16.0. The summed E-state index contributed by atoms with van der Waals surface area (Å²) in [5, 5.41) is 12.6. The van der Waals surface area contributed by atoms with E-state index in [0.29, 0.717) is 13.1 Å². The van der Waals surface area contributed by atoms with Crippen molar-refractivity contribution in [3.8, 4) is 0 Å². The van der Waals surface area contributed by atoms with Crippen LogP contribution in [0.4, 0.5) is 5.69 Å². The molecule has 2 N–H and O–H groups in total. The van der Waals surface area contributed by atoms with Crippen molar-refractivity contribution in [2.45, 2.75) is 39.2 Å². The maximum Gasteiger partial charge on any atom is 0.311 e. The van der Waals surface area contributed by atoms with Crippen molar-refractivity contribution in [3.05, 3.63) is 29.8 Å². The minimum absolute atomic E-state index is 0.0696. The number of rotatable bonds is 4. The lowest BCUT2D eigenvalue weighted by molar-refractivity contribution is -0.149. The highest BCUT2D eigenvalue weighted by molar-refractivity contribution is 5.95. The molecule has 1 aliphatic carbocycles. The lowest BCUT2D eigenvalue weighted by Crippen LogP contribution is -2.43. The summed E-state index contributed by atoms with van der Waals surface area (Å²) < 4.78 is 0. The van der Waals surface area contributed by atoms with Gasteiger partial charge in [0, 0.05) is 18.8 Å². The summed E-state index contributed by atoms with van der Waals surface area (Å²) in [5.41, 5.74) is 1.20. The van der Waals surface area contributed by atoms with Gasteiger partial charge in [-0.25, -0.2) is 0 Å². The van der Waals surface area contributed by atoms with E-state index in [1.165, 1.54) is 0 Å². The summed E-state index contributed by atoms with van der Waals surface area (Å²) in [5.74, 6) is -0.595. The Bertz CT molecular complexity index is 630. The van der Waals surface area contributed by atoms with Crippen molar-refractivity contribution in [2.24, 2.45) is 11.3 Å². The molecule has 1 aliphatic heterocycles. The second-order valence-electron chi connectivity index (χ2n) is 6.96. The van der Waals surface area contributed by atoms with Crippen LogP contribution in [0.2, 0.25) is 0 Å². The van der Waals surface area contributed by atoms with E-state index in [1.54, 1.807) is 0 Å². The summed E-state index contributed by atoms with van der Waals surface area (Å²) in [4.78, 5) is 26.3. The molecule has 2 fully saturated rings. The van der Waals surface area contributed by atoms with Crippen LogP contribution in [0.3, 0.4) is 0 Å². The van der Waals surface area contributed by atoms with Crippen molar-refractivity contribution in [2.75, 3.05) is 18.4 Å². The molecule has 124 valence electrons. The van der Waals surface area contributed by atoms with E-state index < -0.39 is 11.4 Å². The number of nitrogens with one attached hydrogen (secondary N) is 1. The molecule has 0 spiro atoms. The van der Waals surface area contributed by atoms with E-state index >= 15 is 0 Å². The monoisotopic (exact) mass is 316 g/mol. The van der Waals surface area contributed by atoms with Gasteiger partial charge in [-0.3, -0.25) is 14.5 Å². The number of carbonyl (C=O) groups is 2.